The Bertz CT molecular complexity index is 1040. The van der Waals surface area contributed by atoms with Crippen LogP contribution in [0.3, 0.4) is 0 Å². The van der Waals surface area contributed by atoms with Crippen molar-refractivity contribution < 1.29 is 63.1 Å². The van der Waals surface area contributed by atoms with Crippen LogP contribution in [-0.4, -0.2) is 98.3 Å². The standard InChI is InChI=1S/C42H79O13P/c1-3-5-7-9-11-13-15-17-18-19-21-22-24-26-28-30-35(43)52-32-34(54-36(44)31-29-27-25-23-20-16-14-12-10-8-6-4-2)33-53-56(50,51)55-42-40(48)38(46)37(45)39(47)41(42)49/h12,14,34,37-42,45-49H,3-11,13,15-33H2,1-2H3,(H,50,51)/b14-12-/t34-,37?,38-,39?,40?,41?,42?/m1/s1. The van der Waals surface area contributed by atoms with Crippen molar-refractivity contribution in [3.63, 3.8) is 0 Å². The molecule has 8 atom stereocenters. The van der Waals surface area contributed by atoms with Crippen molar-refractivity contribution >= 4 is 19.8 Å². The van der Waals surface area contributed by atoms with E-state index in [2.05, 4.69) is 26.0 Å². The number of ether oxygens (including phenoxy) is 2. The summed E-state index contributed by atoms with van der Waals surface area (Å²) in [5, 5.41) is 50.0. The van der Waals surface area contributed by atoms with Gasteiger partial charge in [0, 0.05) is 12.8 Å². The number of aliphatic hydroxyl groups excluding tert-OH is 5. The summed E-state index contributed by atoms with van der Waals surface area (Å²) in [5.74, 6) is -1.10. The van der Waals surface area contributed by atoms with Gasteiger partial charge in [-0.15, -0.1) is 0 Å². The van der Waals surface area contributed by atoms with E-state index in [-0.39, 0.29) is 12.8 Å². The van der Waals surface area contributed by atoms with Gasteiger partial charge < -0.3 is 39.9 Å². The van der Waals surface area contributed by atoms with Gasteiger partial charge in [-0.25, -0.2) is 4.57 Å². The largest absolute Gasteiger partial charge is 0.472 e. The molecule has 56 heavy (non-hydrogen) atoms. The molecule has 1 saturated carbocycles. The maximum absolute atomic E-state index is 12.8. The third-order valence-corrected chi connectivity index (χ3v) is 11.3. The number of phosphoric ester groups is 1. The highest BCUT2D eigenvalue weighted by atomic mass is 31.2. The van der Waals surface area contributed by atoms with Crippen LogP contribution in [0.4, 0.5) is 0 Å². The number of rotatable bonds is 36. The lowest BCUT2D eigenvalue weighted by Crippen LogP contribution is -2.64. The van der Waals surface area contributed by atoms with Crippen LogP contribution in [0.25, 0.3) is 0 Å². The van der Waals surface area contributed by atoms with Crippen LogP contribution in [0.2, 0.25) is 0 Å². The predicted molar refractivity (Wildman–Crippen MR) is 217 cm³/mol. The average molecular weight is 823 g/mol. The first kappa shape index (κ1) is 52.6. The Morgan fingerprint density at radius 1 is 0.536 bits per heavy atom. The summed E-state index contributed by atoms with van der Waals surface area (Å²) < 4.78 is 33.4. The van der Waals surface area contributed by atoms with Crippen LogP contribution in [0, 0.1) is 0 Å². The number of aliphatic hydroxyl groups is 5. The van der Waals surface area contributed by atoms with Gasteiger partial charge in [0.25, 0.3) is 0 Å². The summed E-state index contributed by atoms with van der Waals surface area (Å²) in [6, 6.07) is 0. The van der Waals surface area contributed by atoms with Gasteiger partial charge in [0.2, 0.25) is 0 Å². The number of allylic oxidation sites excluding steroid dienone is 2. The molecule has 0 heterocycles. The number of phosphoric acid groups is 1. The molecule has 0 bridgehead atoms. The third-order valence-electron chi connectivity index (χ3n) is 10.4. The van der Waals surface area contributed by atoms with E-state index >= 15 is 0 Å². The van der Waals surface area contributed by atoms with Crippen molar-refractivity contribution in [1.29, 1.82) is 0 Å². The van der Waals surface area contributed by atoms with Crippen LogP contribution in [0.1, 0.15) is 187 Å². The van der Waals surface area contributed by atoms with E-state index < -0.39 is 75.7 Å². The molecule has 0 aromatic carbocycles. The average Bonchev–Trinajstić information content (AvgIpc) is 3.18. The lowest BCUT2D eigenvalue weighted by molar-refractivity contribution is -0.220. The van der Waals surface area contributed by atoms with Crippen LogP contribution in [0.5, 0.6) is 0 Å². The van der Waals surface area contributed by atoms with Gasteiger partial charge in [-0.3, -0.25) is 18.6 Å². The quantitative estimate of drug-likeness (QED) is 0.0154. The zero-order chi connectivity index (χ0) is 41.4. The summed E-state index contributed by atoms with van der Waals surface area (Å²) >= 11 is 0. The van der Waals surface area contributed by atoms with E-state index in [9.17, 15) is 44.6 Å². The van der Waals surface area contributed by atoms with E-state index in [1.807, 2.05) is 0 Å². The fraction of sp³-hybridized carbons (Fsp3) is 0.905. The maximum Gasteiger partial charge on any atom is 0.472 e. The molecular weight excluding hydrogens is 743 g/mol. The SMILES string of the molecule is CCCCC/C=C\CCCCCCCC(=O)O[C@H](COC(=O)CCCCCCCCCCCCCCCCC)COP(=O)(O)OC1C(O)C(O)C(O)[C@@H](O)C1O. The number of esters is 2. The maximum atomic E-state index is 12.8. The fourth-order valence-electron chi connectivity index (χ4n) is 6.75. The lowest BCUT2D eigenvalue weighted by atomic mass is 9.85. The van der Waals surface area contributed by atoms with Gasteiger partial charge in [-0.2, -0.15) is 0 Å². The smallest absolute Gasteiger partial charge is 0.462 e. The Morgan fingerprint density at radius 3 is 1.39 bits per heavy atom. The van der Waals surface area contributed by atoms with Gasteiger partial charge in [0.1, 0.15) is 43.2 Å². The highest BCUT2D eigenvalue weighted by Crippen LogP contribution is 2.47. The molecule has 1 fully saturated rings. The molecule has 1 aliphatic rings. The Labute approximate surface area is 337 Å². The fourth-order valence-corrected chi connectivity index (χ4v) is 7.73. The second kappa shape index (κ2) is 33.4. The van der Waals surface area contributed by atoms with E-state index in [0.717, 1.165) is 57.8 Å². The first-order valence-corrected chi connectivity index (χ1v) is 23.5. The molecule has 0 aromatic heterocycles. The molecule has 0 aromatic rings. The van der Waals surface area contributed by atoms with Gasteiger partial charge >= 0.3 is 19.8 Å². The molecule has 0 spiro atoms. The Kier molecular flexibility index (Phi) is 31.4. The first-order valence-electron chi connectivity index (χ1n) is 22.0. The summed E-state index contributed by atoms with van der Waals surface area (Å²) in [6.07, 6.45) is 19.9. The highest BCUT2D eigenvalue weighted by Gasteiger charge is 2.51. The molecule has 6 unspecified atom stereocenters. The summed E-state index contributed by atoms with van der Waals surface area (Å²) in [6.45, 7) is 3.26. The minimum atomic E-state index is -5.11. The van der Waals surface area contributed by atoms with E-state index in [1.165, 1.54) is 89.9 Å². The summed E-state index contributed by atoms with van der Waals surface area (Å²) in [7, 11) is -5.11. The number of unbranched alkanes of at least 4 members (excludes halogenated alkanes) is 22. The number of hydrogen-bond acceptors (Lipinski definition) is 12. The molecule has 14 heteroatoms. The first-order chi connectivity index (χ1) is 26.9. The van der Waals surface area contributed by atoms with Gasteiger partial charge in [-0.05, 0) is 38.5 Å². The van der Waals surface area contributed by atoms with Crippen molar-refractivity contribution in [3.05, 3.63) is 12.2 Å². The lowest BCUT2D eigenvalue weighted by Gasteiger charge is -2.41. The van der Waals surface area contributed by atoms with E-state index in [0.29, 0.717) is 12.8 Å². The molecule has 1 rings (SSSR count). The minimum absolute atomic E-state index is 0.0900. The molecule has 0 aliphatic heterocycles. The second-order valence-corrected chi connectivity index (χ2v) is 17.0. The molecule has 1 aliphatic carbocycles. The van der Waals surface area contributed by atoms with Crippen LogP contribution >= 0.6 is 7.82 Å². The normalized spacial score (nSPS) is 22.9. The van der Waals surface area contributed by atoms with Gasteiger partial charge in [-0.1, -0.05) is 148 Å². The van der Waals surface area contributed by atoms with E-state index in [4.69, 9.17) is 18.5 Å². The number of carbonyl (C=O) groups is 2. The summed E-state index contributed by atoms with van der Waals surface area (Å²) in [5.41, 5.74) is 0. The van der Waals surface area contributed by atoms with E-state index in [1.54, 1.807) is 0 Å². The Hall–Kier alpha value is -1.41. The Balaban J connectivity index is 2.47. The van der Waals surface area contributed by atoms with Gasteiger partial charge in [0.05, 0.1) is 6.61 Å². The highest BCUT2D eigenvalue weighted by molar-refractivity contribution is 7.47. The number of hydrogen-bond donors (Lipinski definition) is 6. The third kappa shape index (κ3) is 25.8. The van der Waals surface area contributed by atoms with Crippen molar-refractivity contribution in [2.45, 2.75) is 230 Å². The summed E-state index contributed by atoms with van der Waals surface area (Å²) in [4.78, 5) is 35.6. The molecule has 0 amide bonds. The second-order valence-electron chi connectivity index (χ2n) is 15.6. The topological polar surface area (TPSA) is 210 Å². The van der Waals surface area contributed by atoms with Crippen molar-refractivity contribution in [2.75, 3.05) is 13.2 Å². The van der Waals surface area contributed by atoms with Gasteiger partial charge in [0.15, 0.2) is 6.10 Å². The monoisotopic (exact) mass is 823 g/mol. The van der Waals surface area contributed by atoms with Crippen LogP contribution in [-0.2, 0) is 32.7 Å². The van der Waals surface area contributed by atoms with Crippen molar-refractivity contribution in [1.82, 2.24) is 0 Å². The predicted octanol–water partition coefficient (Wildman–Crippen LogP) is 7.89. The zero-order valence-electron chi connectivity index (χ0n) is 34.7. The molecule has 0 saturated heterocycles. The minimum Gasteiger partial charge on any atom is -0.462 e. The molecule has 6 N–H and O–H groups in total. The Morgan fingerprint density at radius 2 is 0.911 bits per heavy atom. The molecule has 330 valence electrons. The van der Waals surface area contributed by atoms with Crippen molar-refractivity contribution in [3.8, 4) is 0 Å². The van der Waals surface area contributed by atoms with Crippen molar-refractivity contribution in [2.24, 2.45) is 0 Å². The zero-order valence-corrected chi connectivity index (χ0v) is 35.6. The molecule has 13 nitrogen and oxygen atoms in total. The molecule has 0 radical (unpaired) electrons. The van der Waals surface area contributed by atoms with Crippen LogP contribution in [0.15, 0.2) is 12.2 Å². The van der Waals surface area contributed by atoms with Crippen LogP contribution < -0.4 is 0 Å². The molecular formula is C42H79O13P. The number of carbonyl (C=O) groups excluding carboxylic acids is 2.